The summed E-state index contributed by atoms with van der Waals surface area (Å²) in [5, 5.41) is 0. The molecule has 3 aromatic rings. The average molecular weight is 853 g/mol. The van der Waals surface area contributed by atoms with E-state index in [4.69, 9.17) is 0 Å². The van der Waals surface area contributed by atoms with Crippen molar-refractivity contribution in [3.63, 3.8) is 0 Å². The predicted octanol–water partition coefficient (Wildman–Crippen LogP) is 9.95. The van der Waals surface area contributed by atoms with E-state index < -0.39 is 29.8 Å². The third kappa shape index (κ3) is 11.4. The van der Waals surface area contributed by atoms with Crippen molar-refractivity contribution in [2.24, 2.45) is 0 Å². The first-order valence-corrected chi connectivity index (χ1v) is 25.8. The number of hydrogen-bond acceptors (Lipinski definition) is 8. The fourth-order valence-electron chi connectivity index (χ4n) is 7.93. The Kier molecular flexibility index (Phi) is 15.6. The van der Waals surface area contributed by atoms with Crippen molar-refractivity contribution in [3.05, 3.63) is 101 Å². The van der Waals surface area contributed by atoms with E-state index in [-0.39, 0.29) is 15.7 Å². The van der Waals surface area contributed by atoms with Crippen LogP contribution < -0.4 is 4.90 Å². The Morgan fingerprint density at radius 3 is 1.72 bits per heavy atom. The number of sulfone groups is 2. The van der Waals surface area contributed by atoms with Gasteiger partial charge in [0.15, 0.2) is 25.4 Å². The SMILES string of the molecule is CCCCCCCN1C(=CC=CC2=[N+](CCCCCCC)c3ccc(S(C)(=O)=O)cc3C2(C)C)C(C)(C)c2cc(S(C)(=O)=O)ccc21.Cc1ccc(S(=O)(=O)[O-])cc1. The van der Waals surface area contributed by atoms with Crippen LogP contribution in [0, 0.1) is 6.92 Å². The van der Waals surface area contributed by atoms with Crippen LogP contribution in [0.15, 0.2) is 99.3 Å². The molecular formula is C46H64N2O7S3. The van der Waals surface area contributed by atoms with E-state index >= 15 is 0 Å². The van der Waals surface area contributed by atoms with Crippen molar-refractivity contribution >= 4 is 46.9 Å². The molecule has 0 N–H and O–H groups in total. The monoisotopic (exact) mass is 852 g/mol. The van der Waals surface area contributed by atoms with Gasteiger partial charge in [0.2, 0.25) is 5.69 Å². The highest BCUT2D eigenvalue weighted by molar-refractivity contribution is 7.91. The van der Waals surface area contributed by atoms with Crippen LogP contribution >= 0.6 is 0 Å². The maximum absolute atomic E-state index is 12.5. The van der Waals surface area contributed by atoms with Gasteiger partial charge in [-0.25, -0.2) is 25.3 Å². The van der Waals surface area contributed by atoms with Gasteiger partial charge in [-0.2, -0.15) is 4.58 Å². The second-order valence-electron chi connectivity index (χ2n) is 16.8. The summed E-state index contributed by atoms with van der Waals surface area (Å²) in [6.45, 7) is 16.8. The van der Waals surface area contributed by atoms with Crippen molar-refractivity contribution < 1.29 is 34.4 Å². The summed E-state index contributed by atoms with van der Waals surface area (Å²) in [4.78, 5) is 2.92. The Balaban J connectivity index is 0.000000583. The minimum absolute atomic E-state index is 0.178. The lowest BCUT2D eigenvalue weighted by molar-refractivity contribution is -0.438. The molecule has 0 aliphatic carbocycles. The van der Waals surface area contributed by atoms with Crippen LogP contribution in [-0.4, -0.2) is 65.7 Å². The molecule has 2 aliphatic rings. The van der Waals surface area contributed by atoms with E-state index in [1.807, 2.05) is 31.2 Å². The van der Waals surface area contributed by atoms with E-state index in [0.29, 0.717) is 9.79 Å². The van der Waals surface area contributed by atoms with Crippen LogP contribution in [0.25, 0.3) is 0 Å². The molecule has 9 nitrogen and oxygen atoms in total. The first-order valence-electron chi connectivity index (χ1n) is 20.6. The second-order valence-corrected chi connectivity index (χ2v) is 22.3. The van der Waals surface area contributed by atoms with Gasteiger partial charge in [0.05, 0.1) is 20.1 Å². The molecule has 2 aliphatic heterocycles. The highest BCUT2D eigenvalue weighted by Crippen LogP contribution is 2.49. The van der Waals surface area contributed by atoms with Crippen molar-refractivity contribution in [2.75, 3.05) is 30.5 Å². The van der Waals surface area contributed by atoms with Gasteiger partial charge in [-0.15, -0.1) is 0 Å². The summed E-state index contributed by atoms with van der Waals surface area (Å²) in [6, 6.07) is 17.0. The van der Waals surface area contributed by atoms with Gasteiger partial charge in [-0.05, 0) is 87.7 Å². The maximum Gasteiger partial charge on any atom is 0.209 e. The summed E-state index contributed by atoms with van der Waals surface area (Å²) in [7, 11) is -10.9. The highest BCUT2D eigenvalue weighted by atomic mass is 32.2. The Labute approximate surface area is 349 Å². The van der Waals surface area contributed by atoms with E-state index in [0.717, 1.165) is 78.2 Å². The van der Waals surface area contributed by atoms with Crippen LogP contribution in [0.5, 0.6) is 0 Å². The molecule has 0 aromatic heterocycles. The Hall–Kier alpha value is -3.58. The largest absolute Gasteiger partial charge is 0.744 e. The molecule has 0 atom stereocenters. The summed E-state index contributed by atoms with van der Waals surface area (Å²) in [5.41, 5.74) is 6.72. The smallest absolute Gasteiger partial charge is 0.209 e. The molecule has 58 heavy (non-hydrogen) atoms. The Morgan fingerprint density at radius 2 is 1.17 bits per heavy atom. The predicted molar refractivity (Wildman–Crippen MR) is 236 cm³/mol. The number of anilines is 1. The van der Waals surface area contributed by atoms with Crippen LogP contribution in [-0.2, 0) is 40.6 Å². The number of fused-ring (bicyclic) bond motifs is 2. The minimum Gasteiger partial charge on any atom is -0.744 e. The average Bonchev–Trinajstić information content (AvgIpc) is 3.48. The molecule has 0 spiro atoms. The molecule has 318 valence electrons. The summed E-state index contributed by atoms with van der Waals surface area (Å²) in [6.07, 6.45) is 20.9. The van der Waals surface area contributed by atoms with Crippen LogP contribution in [0.2, 0.25) is 0 Å². The molecular weight excluding hydrogens is 789 g/mol. The fourth-order valence-corrected chi connectivity index (χ4v) is 9.70. The summed E-state index contributed by atoms with van der Waals surface area (Å²) < 4.78 is 83.6. The van der Waals surface area contributed by atoms with Gasteiger partial charge in [-0.3, -0.25) is 0 Å². The zero-order valence-corrected chi connectivity index (χ0v) is 38.4. The number of unbranched alkanes of at least 4 members (excludes halogenated alkanes) is 8. The first-order chi connectivity index (χ1) is 27.0. The molecule has 2 heterocycles. The molecule has 0 fully saturated rings. The third-order valence-corrected chi connectivity index (χ3v) is 14.4. The van der Waals surface area contributed by atoms with Crippen molar-refractivity contribution in [3.8, 4) is 0 Å². The number of hydrogen-bond donors (Lipinski definition) is 0. The molecule has 0 radical (unpaired) electrons. The van der Waals surface area contributed by atoms with Gasteiger partial charge in [0.25, 0.3) is 0 Å². The van der Waals surface area contributed by atoms with E-state index in [9.17, 15) is 29.8 Å². The molecule has 12 heteroatoms. The molecule has 0 amide bonds. The zero-order chi connectivity index (χ0) is 43.1. The van der Waals surface area contributed by atoms with E-state index in [2.05, 4.69) is 69.2 Å². The second kappa shape index (κ2) is 19.2. The fraction of sp³-hybridized carbons (Fsp3) is 0.500. The number of rotatable bonds is 17. The van der Waals surface area contributed by atoms with Gasteiger partial charge < -0.3 is 9.45 Å². The van der Waals surface area contributed by atoms with Crippen molar-refractivity contribution in [1.29, 1.82) is 0 Å². The first kappa shape index (κ1) is 47.1. The van der Waals surface area contributed by atoms with Gasteiger partial charge in [0.1, 0.15) is 16.7 Å². The van der Waals surface area contributed by atoms with Crippen molar-refractivity contribution in [1.82, 2.24) is 0 Å². The standard InChI is InChI=1S/C39H57N2O4S2.C7H8O3S/c1-9-11-13-15-17-26-40-34-24-22-30(46(7,42)43)28-32(34)38(3,4)36(40)20-19-21-37-39(5,6)33-29-31(47(8,44)45)23-25-35(33)41(37)27-18-16-14-12-10-2;1-6-2-4-7(5-3-6)11(8,9)10/h19-25,28-29H,9-18,26-27H2,1-8H3;2-5H,1H3,(H,8,9,10)/q+1;/p-1. The molecule has 0 saturated heterocycles. The van der Waals surface area contributed by atoms with Gasteiger partial charge >= 0.3 is 0 Å². The Bertz CT molecular complexity index is 2360. The van der Waals surface area contributed by atoms with Crippen LogP contribution in [0.1, 0.15) is 122 Å². The summed E-state index contributed by atoms with van der Waals surface area (Å²) in [5.74, 6) is 0. The molecule has 3 aromatic carbocycles. The summed E-state index contributed by atoms with van der Waals surface area (Å²) >= 11 is 0. The van der Waals surface area contributed by atoms with Crippen LogP contribution in [0.4, 0.5) is 11.4 Å². The van der Waals surface area contributed by atoms with Crippen molar-refractivity contribution in [2.45, 2.75) is 138 Å². The quantitative estimate of drug-likeness (QED) is 0.0745. The Morgan fingerprint density at radius 1 is 0.655 bits per heavy atom. The molecule has 0 unspecified atom stereocenters. The minimum atomic E-state index is -4.27. The van der Waals surface area contributed by atoms with E-state index in [1.165, 1.54) is 63.2 Å². The normalized spacial score (nSPS) is 16.8. The molecule has 5 rings (SSSR count). The lowest BCUT2D eigenvalue weighted by atomic mass is 9.81. The molecule has 0 bridgehead atoms. The van der Waals surface area contributed by atoms with Gasteiger partial charge in [0, 0.05) is 60.0 Å². The lowest BCUT2D eigenvalue weighted by Gasteiger charge is -2.27. The third-order valence-electron chi connectivity index (χ3n) is 11.4. The lowest BCUT2D eigenvalue weighted by Crippen LogP contribution is -2.28. The zero-order valence-electron chi connectivity index (χ0n) is 36.0. The number of allylic oxidation sites excluding steroid dienone is 4. The highest BCUT2D eigenvalue weighted by Gasteiger charge is 2.45. The molecule has 0 saturated carbocycles. The van der Waals surface area contributed by atoms with E-state index in [1.54, 1.807) is 24.3 Å². The van der Waals surface area contributed by atoms with Gasteiger partial charge in [-0.1, -0.05) is 96.4 Å². The number of benzene rings is 3. The van der Waals surface area contributed by atoms with Crippen LogP contribution in [0.3, 0.4) is 0 Å². The maximum atomic E-state index is 12.5. The topological polar surface area (TPSA) is 132 Å². The number of aryl methyl sites for hydroxylation is 1. The number of nitrogens with zero attached hydrogens (tertiary/aromatic N) is 2.